The molecule has 0 amide bonds. The van der Waals surface area contributed by atoms with Crippen molar-refractivity contribution in [1.29, 1.82) is 0 Å². The second-order valence-corrected chi connectivity index (χ2v) is 9.12. The van der Waals surface area contributed by atoms with Crippen LogP contribution in [-0.2, 0) is 11.3 Å². The lowest BCUT2D eigenvalue weighted by atomic mass is 10.0. The van der Waals surface area contributed by atoms with E-state index in [0.717, 1.165) is 67.8 Å². The first-order chi connectivity index (χ1) is 19.6. The molecule has 0 spiro atoms. The van der Waals surface area contributed by atoms with Gasteiger partial charge < -0.3 is 18.9 Å². The third-order valence-corrected chi connectivity index (χ3v) is 6.44. The molecular formula is C32H34N4O4. The van der Waals surface area contributed by atoms with Crippen LogP contribution in [0.25, 0.3) is 45.0 Å². The largest absolute Gasteiger partial charge is 0.494 e. The number of nitrogens with one attached hydrogen (secondary N) is 2. The van der Waals surface area contributed by atoms with Gasteiger partial charge in [0.1, 0.15) is 17.2 Å². The van der Waals surface area contributed by atoms with Crippen LogP contribution < -0.4 is 14.2 Å². The highest BCUT2D eigenvalue weighted by atomic mass is 16.5. The molecular weight excluding hydrogens is 504 g/mol. The molecule has 0 saturated carbocycles. The molecule has 0 aliphatic carbocycles. The van der Waals surface area contributed by atoms with Gasteiger partial charge in [-0.25, -0.2) is 0 Å². The van der Waals surface area contributed by atoms with E-state index >= 15 is 0 Å². The lowest BCUT2D eigenvalue weighted by molar-refractivity contribution is 0.185. The van der Waals surface area contributed by atoms with Crippen LogP contribution >= 0.6 is 0 Å². The van der Waals surface area contributed by atoms with E-state index < -0.39 is 0 Å². The van der Waals surface area contributed by atoms with Crippen molar-refractivity contribution in [3.8, 4) is 62.3 Å². The van der Waals surface area contributed by atoms with Crippen molar-refractivity contribution in [3.63, 3.8) is 0 Å². The van der Waals surface area contributed by atoms with E-state index in [1.807, 2.05) is 81.4 Å². The van der Waals surface area contributed by atoms with E-state index in [9.17, 15) is 0 Å². The van der Waals surface area contributed by atoms with Gasteiger partial charge in [0.25, 0.3) is 0 Å². The molecule has 0 radical (unpaired) electrons. The summed E-state index contributed by atoms with van der Waals surface area (Å²) in [7, 11) is 1.69. The van der Waals surface area contributed by atoms with Gasteiger partial charge in [0, 0.05) is 35.4 Å². The summed E-state index contributed by atoms with van der Waals surface area (Å²) < 4.78 is 22.7. The number of nitrogens with zero attached hydrogens (tertiary/aromatic N) is 2. The third-order valence-electron chi connectivity index (χ3n) is 6.44. The summed E-state index contributed by atoms with van der Waals surface area (Å²) in [6, 6.07) is 24.2. The Morgan fingerprint density at radius 2 is 1.20 bits per heavy atom. The third kappa shape index (κ3) is 5.87. The van der Waals surface area contributed by atoms with Gasteiger partial charge in [-0.1, -0.05) is 18.2 Å². The van der Waals surface area contributed by atoms with Crippen molar-refractivity contribution in [2.75, 3.05) is 26.9 Å². The topological polar surface area (TPSA) is 94.3 Å². The maximum absolute atomic E-state index is 5.90. The van der Waals surface area contributed by atoms with Crippen molar-refractivity contribution >= 4 is 0 Å². The molecule has 2 heterocycles. The Kier molecular flexibility index (Phi) is 8.47. The van der Waals surface area contributed by atoms with Gasteiger partial charge in [-0.05, 0) is 74.9 Å². The molecule has 8 heteroatoms. The van der Waals surface area contributed by atoms with Gasteiger partial charge >= 0.3 is 0 Å². The van der Waals surface area contributed by atoms with Crippen LogP contribution in [0.15, 0.2) is 72.8 Å². The summed E-state index contributed by atoms with van der Waals surface area (Å²) in [6.45, 7) is 8.15. The zero-order valence-electron chi connectivity index (χ0n) is 23.3. The fraction of sp³-hybridized carbons (Fsp3) is 0.250. The van der Waals surface area contributed by atoms with Gasteiger partial charge in [-0.2, -0.15) is 10.2 Å². The average Bonchev–Trinajstić information content (AvgIpc) is 3.65. The molecule has 0 bridgehead atoms. The maximum atomic E-state index is 5.90. The zero-order valence-corrected chi connectivity index (χ0v) is 23.3. The Bertz CT molecular complexity index is 1460. The first-order valence-electron chi connectivity index (χ1n) is 13.5. The molecule has 0 unspecified atom stereocenters. The Hall–Kier alpha value is -4.56. The predicted octanol–water partition coefficient (Wildman–Crippen LogP) is 7.14. The van der Waals surface area contributed by atoms with Crippen LogP contribution in [0.5, 0.6) is 17.2 Å². The van der Waals surface area contributed by atoms with Crippen molar-refractivity contribution in [2.24, 2.45) is 0 Å². The van der Waals surface area contributed by atoms with Crippen LogP contribution in [0, 0.1) is 0 Å². The minimum atomic E-state index is 0.473. The van der Waals surface area contributed by atoms with Crippen LogP contribution in [0.3, 0.4) is 0 Å². The summed E-state index contributed by atoms with van der Waals surface area (Å²) in [5.41, 5.74) is 8.41. The van der Waals surface area contributed by atoms with E-state index in [0.29, 0.717) is 26.4 Å². The van der Waals surface area contributed by atoms with E-state index in [2.05, 4.69) is 32.5 Å². The van der Waals surface area contributed by atoms with Crippen LogP contribution in [0.2, 0.25) is 0 Å². The van der Waals surface area contributed by atoms with Crippen LogP contribution in [0.1, 0.15) is 26.3 Å². The van der Waals surface area contributed by atoms with E-state index in [1.54, 1.807) is 7.11 Å². The fourth-order valence-electron chi connectivity index (χ4n) is 4.67. The summed E-state index contributed by atoms with van der Waals surface area (Å²) in [6.07, 6.45) is 0. The van der Waals surface area contributed by atoms with Crippen molar-refractivity contribution in [2.45, 2.75) is 27.4 Å². The van der Waals surface area contributed by atoms with Gasteiger partial charge in [-0.3, -0.25) is 10.2 Å². The second-order valence-electron chi connectivity index (χ2n) is 9.12. The van der Waals surface area contributed by atoms with E-state index in [4.69, 9.17) is 18.9 Å². The van der Waals surface area contributed by atoms with Crippen molar-refractivity contribution in [3.05, 3.63) is 78.4 Å². The maximum Gasteiger partial charge on any atom is 0.132 e. The number of methoxy groups -OCH3 is 1. The fourth-order valence-corrected chi connectivity index (χ4v) is 4.67. The molecule has 0 fully saturated rings. The zero-order chi connectivity index (χ0) is 27.9. The molecule has 206 valence electrons. The number of H-pyrrole nitrogens is 2. The Balaban J connectivity index is 1.42. The normalized spacial score (nSPS) is 11.0. The minimum absolute atomic E-state index is 0.473. The molecule has 0 aliphatic heterocycles. The number of hydrogen-bond acceptors (Lipinski definition) is 6. The molecule has 2 aromatic heterocycles. The lowest BCUT2D eigenvalue weighted by Gasteiger charge is -2.11. The van der Waals surface area contributed by atoms with E-state index in [-0.39, 0.29) is 0 Å². The lowest BCUT2D eigenvalue weighted by Crippen LogP contribution is -1.97. The number of benzene rings is 3. The number of hydrogen-bond donors (Lipinski definition) is 2. The number of aromatic nitrogens is 4. The van der Waals surface area contributed by atoms with Crippen molar-refractivity contribution < 1.29 is 18.9 Å². The Labute approximate surface area is 234 Å². The smallest absolute Gasteiger partial charge is 0.132 e. The monoisotopic (exact) mass is 538 g/mol. The molecule has 2 N–H and O–H groups in total. The molecule has 5 rings (SSSR count). The molecule has 5 aromatic rings. The SMILES string of the molecule is CCOc1ccc(-c2cc(-c3cccc(-c4cc(-c5ccc(OCC)cc5OCC)[nH]n4)c3)n[nH]2)c(COC)c1. The number of rotatable bonds is 12. The summed E-state index contributed by atoms with van der Waals surface area (Å²) in [5.74, 6) is 2.35. The van der Waals surface area contributed by atoms with E-state index in [1.165, 1.54) is 0 Å². The molecule has 40 heavy (non-hydrogen) atoms. The average molecular weight is 539 g/mol. The van der Waals surface area contributed by atoms with Crippen LogP contribution in [0.4, 0.5) is 0 Å². The second kappa shape index (κ2) is 12.5. The molecule has 0 aliphatic rings. The highest BCUT2D eigenvalue weighted by Crippen LogP contribution is 2.35. The molecule has 8 nitrogen and oxygen atoms in total. The first kappa shape index (κ1) is 27.0. The molecule has 0 atom stereocenters. The number of ether oxygens (including phenoxy) is 4. The Morgan fingerprint density at radius 3 is 1.80 bits per heavy atom. The molecule has 3 aromatic carbocycles. The van der Waals surface area contributed by atoms with Gasteiger partial charge in [0.15, 0.2) is 0 Å². The summed E-state index contributed by atoms with van der Waals surface area (Å²) in [4.78, 5) is 0. The minimum Gasteiger partial charge on any atom is -0.494 e. The summed E-state index contributed by atoms with van der Waals surface area (Å²) >= 11 is 0. The summed E-state index contributed by atoms with van der Waals surface area (Å²) in [5, 5.41) is 15.6. The van der Waals surface area contributed by atoms with Gasteiger partial charge in [-0.15, -0.1) is 0 Å². The van der Waals surface area contributed by atoms with Crippen LogP contribution in [-0.4, -0.2) is 47.3 Å². The predicted molar refractivity (Wildman–Crippen MR) is 157 cm³/mol. The van der Waals surface area contributed by atoms with Gasteiger partial charge in [0.2, 0.25) is 0 Å². The van der Waals surface area contributed by atoms with Crippen molar-refractivity contribution in [1.82, 2.24) is 20.4 Å². The van der Waals surface area contributed by atoms with Gasteiger partial charge in [0.05, 0.1) is 49.2 Å². The first-order valence-corrected chi connectivity index (χ1v) is 13.5. The quantitative estimate of drug-likeness (QED) is 0.175. The Morgan fingerprint density at radius 1 is 0.625 bits per heavy atom. The number of aromatic amines is 2. The highest BCUT2D eigenvalue weighted by molar-refractivity contribution is 5.77. The standard InChI is InChI=1S/C32H34N4O4/c1-5-38-24-11-13-26(23(16-24)20-37-4)30-18-28(33-35-30)21-9-8-10-22(15-21)29-19-31(36-34-29)27-14-12-25(39-6-2)17-32(27)40-7-3/h8-19H,5-7,20H2,1-4H3,(H,33,35)(H,34,36). The molecule has 0 saturated heterocycles. The highest BCUT2D eigenvalue weighted by Gasteiger charge is 2.15.